The highest BCUT2D eigenvalue weighted by Crippen LogP contribution is 2.29. The SMILES string of the molecule is Cc1cn(C(O)CC(C)n2cnc(C(N)=O)c2)c2cc(NC(=O)CCCc3ccccc3)ccc12. The van der Waals surface area contributed by atoms with Gasteiger partial charge in [0.1, 0.15) is 11.9 Å². The Balaban J connectivity index is 1.43. The molecule has 2 amide bonds. The number of aromatic nitrogens is 3. The number of imidazole rings is 1. The van der Waals surface area contributed by atoms with Crippen molar-refractivity contribution in [1.29, 1.82) is 0 Å². The van der Waals surface area contributed by atoms with E-state index in [4.69, 9.17) is 5.73 Å². The molecule has 2 atom stereocenters. The zero-order chi connectivity index (χ0) is 24.9. The van der Waals surface area contributed by atoms with Gasteiger partial charge in [-0.25, -0.2) is 4.98 Å². The Hall–Kier alpha value is -3.91. The number of rotatable bonds is 10. The molecule has 0 spiro atoms. The van der Waals surface area contributed by atoms with Crippen molar-refractivity contribution in [3.05, 3.63) is 84.1 Å². The van der Waals surface area contributed by atoms with Crippen LogP contribution in [0.1, 0.15) is 60.1 Å². The molecule has 0 aliphatic rings. The number of benzene rings is 2. The number of nitrogens with one attached hydrogen (secondary N) is 1. The van der Waals surface area contributed by atoms with E-state index in [2.05, 4.69) is 22.4 Å². The molecule has 2 unspecified atom stereocenters. The van der Waals surface area contributed by atoms with Gasteiger partial charge < -0.3 is 25.3 Å². The second kappa shape index (κ2) is 10.6. The third kappa shape index (κ3) is 5.78. The summed E-state index contributed by atoms with van der Waals surface area (Å²) in [5.41, 5.74) is 9.27. The molecule has 0 aliphatic heterocycles. The van der Waals surface area contributed by atoms with Gasteiger partial charge in [-0.3, -0.25) is 9.59 Å². The Morgan fingerprint density at radius 2 is 1.91 bits per heavy atom. The van der Waals surface area contributed by atoms with E-state index in [0.29, 0.717) is 18.5 Å². The first-order valence-corrected chi connectivity index (χ1v) is 11.8. The largest absolute Gasteiger partial charge is 0.373 e. The molecule has 4 N–H and O–H groups in total. The molecule has 0 aliphatic carbocycles. The van der Waals surface area contributed by atoms with Gasteiger partial charge in [-0.2, -0.15) is 0 Å². The smallest absolute Gasteiger partial charge is 0.268 e. The highest BCUT2D eigenvalue weighted by atomic mass is 16.3. The Morgan fingerprint density at radius 3 is 2.63 bits per heavy atom. The number of nitrogens with two attached hydrogens (primary N) is 1. The minimum Gasteiger partial charge on any atom is -0.373 e. The third-order valence-corrected chi connectivity index (χ3v) is 6.27. The van der Waals surface area contributed by atoms with E-state index in [1.807, 2.05) is 61.0 Å². The van der Waals surface area contributed by atoms with Crippen LogP contribution in [0.15, 0.2) is 67.3 Å². The second-order valence-corrected chi connectivity index (χ2v) is 8.97. The number of aliphatic hydroxyl groups excluding tert-OH is 1. The molecule has 2 aromatic carbocycles. The number of aliphatic hydroxyl groups is 1. The maximum Gasteiger partial charge on any atom is 0.268 e. The van der Waals surface area contributed by atoms with Crippen LogP contribution in [0.5, 0.6) is 0 Å². The van der Waals surface area contributed by atoms with Crippen molar-refractivity contribution in [2.45, 2.75) is 51.8 Å². The summed E-state index contributed by atoms with van der Waals surface area (Å²) in [6.07, 6.45) is 6.70. The molecule has 4 rings (SSSR count). The third-order valence-electron chi connectivity index (χ3n) is 6.27. The second-order valence-electron chi connectivity index (χ2n) is 8.97. The van der Waals surface area contributed by atoms with Gasteiger partial charge in [0.05, 0.1) is 11.8 Å². The maximum atomic E-state index is 12.5. The van der Waals surface area contributed by atoms with Crippen molar-refractivity contribution in [3.63, 3.8) is 0 Å². The van der Waals surface area contributed by atoms with Gasteiger partial charge in [0, 0.05) is 42.4 Å². The van der Waals surface area contributed by atoms with Crippen molar-refractivity contribution in [2.24, 2.45) is 5.73 Å². The molecule has 0 saturated heterocycles. The molecule has 182 valence electrons. The van der Waals surface area contributed by atoms with Gasteiger partial charge in [-0.05, 0) is 49.9 Å². The van der Waals surface area contributed by atoms with Crippen molar-refractivity contribution in [2.75, 3.05) is 5.32 Å². The average molecular weight is 474 g/mol. The first kappa shape index (κ1) is 24.2. The van der Waals surface area contributed by atoms with E-state index >= 15 is 0 Å². The number of fused-ring (bicyclic) bond motifs is 1. The van der Waals surface area contributed by atoms with E-state index in [0.717, 1.165) is 29.3 Å². The average Bonchev–Trinajstić information content (AvgIpc) is 3.45. The number of hydrogen-bond donors (Lipinski definition) is 3. The van der Waals surface area contributed by atoms with E-state index in [1.54, 1.807) is 17.1 Å². The number of hydrogen-bond acceptors (Lipinski definition) is 4. The molecule has 2 aromatic heterocycles. The maximum absolute atomic E-state index is 12.5. The van der Waals surface area contributed by atoms with E-state index in [1.165, 1.54) is 5.56 Å². The van der Waals surface area contributed by atoms with Gasteiger partial charge >= 0.3 is 0 Å². The van der Waals surface area contributed by atoms with Crippen molar-refractivity contribution in [3.8, 4) is 0 Å². The zero-order valence-electron chi connectivity index (χ0n) is 20.0. The monoisotopic (exact) mass is 473 g/mol. The lowest BCUT2D eigenvalue weighted by Crippen LogP contribution is -2.15. The van der Waals surface area contributed by atoms with E-state index in [-0.39, 0.29) is 17.6 Å². The fourth-order valence-electron chi connectivity index (χ4n) is 4.32. The van der Waals surface area contributed by atoms with E-state index < -0.39 is 12.1 Å². The Bertz CT molecular complexity index is 1330. The van der Waals surface area contributed by atoms with Crippen LogP contribution in [0, 0.1) is 6.92 Å². The van der Waals surface area contributed by atoms with Crippen LogP contribution in [0.4, 0.5) is 5.69 Å². The number of carbonyl (C=O) groups is 2. The lowest BCUT2D eigenvalue weighted by molar-refractivity contribution is -0.116. The first-order valence-electron chi connectivity index (χ1n) is 11.8. The highest BCUT2D eigenvalue weighted by Gasteiger charge is 2.18. The van der Waals surface area contributed by atoms with Gasteiger partial charge in [0.2, 0.25) is 5.91 Å². The zero-order valence-corrected chi connectivity index (χ0v) is 20.0. The molecular formula is C27H31N5O3. The molecule has 0 radical (unpaired) electrons. The van der Waals surface area contributed by atoms with Crippen molar-refractivity contribution < 1.29 is 14.7 Å². The van der Waals surface area contributed by atoms with Crippen LogP contribution in [-0.2, 0) is 11.2 Å². The highest BCUT2D eigenvalue weighted by molar-refractivity contribution is 5.94. The lowest BCUT2D eigenvalue weighted by atomic mass is 10.1. The Labute approximate surface area is 204 Å². The van der Waals surface area contributed by atoms with Gasteiger partial charge in [-0.15, -0.1) is 0 Å². The molecule has 8 heteroatoms. The molecule has 8 nitrogen and oxygen atoms in total. The summed E-state index contributed by atoms with van der Waals surface area (Å²) in [4.78, 5) is 27.8. The van der Waals surface area contributed by atoms with Gasteiger partial charge in [0.25, 0.3) is 5.91 Å². The Kier molecular flexibility index (Phi) is 7.31. The van der Waals surface area contributed by atoms with Crippen LogP contribution >= 0.6 is 0 Å². The summed E-state index contributed by atoms with van der Waals surface area (Å²) >= 11 is 0. The van der Waals surface area contributed by atoms with Crippen molar-refractivity contribution >= 4 is 28.4 Å². The minimum atomic E-state index is -0.808. The number of amides is 2. The molecule has 2 heterocycles. The predicted octanol–water partition coefficient (Wildman–Crippen LogP) is 4.35. The lowest BCUT2D eigenvalue weighted by Gasteiger charge is -2.20. The topological polar surface area (TPSA) is 115 Å². The van der Waals surface area contributed by atoms with Gasteiger partial charge in [0.15, 0.2) is 0 Å². The summed E-state index contributed by atoms with van der Waals surface area (Å²) in [7, 11) is 0. The van der Waals surface area contributed by atoms with Gasteiger partial charge in [-0.1, -0.05) is 36.4 Å². The predicted molar refractivity (Wildman–Crippen MR) is 136 cm³/mol. The minimum absolute atomic E-state index is 0.0327. The number of carbonyl (C=O) groups excluding carboxylic acids is 2. The summed E-state index contributed by atoms with van der Waals surface area (Å²) in [5, 5.41) is 15.0. The number of primary amides is 1. The van der Waals surface area contributed by atoms with Crippen LogP contribution in [0.2, 0.25) is 0 Å². The first-order chi connectivity index (χ1) is 16.8. The number of nitrogens with zero attached hydrogens (tertiary/aromatic N) is 3. The van der Waals surface area contributed by atoms with Crippen molar-refractivity contribution in [1.82, 2.24) is 14.1 Å². The van der Waals surface area contributed by atoms with Crippen LogP contribution < -0.4 is 11.1 Å². The van der Waals surface area contributed by atoms with Crippen LogP contribution in [-0.4, -0.2) is 31.0 Å². The number of aryl methyl sites for hydroxylation is 2. The molecule has 35 heavy (non-hydrogen) atoms. The van der Waals surface area contributed by atoms with Crippen LogP contribution in [0.3, 0.4) is 0 Å². The molecule has 0 fully saturated rings. The molecule has 4 aromatic rings. The Morgan fingerprint density at radius 1 is 1.14 bits per heavy atom. The summed E-state index contributed by atoms with van der Waals surface area (Å²) < 4.78 is 3.58. The molecular weight excluding hydrogens is 442 g/mol. The fraction of sp³-hybridized carbons (Fsp3) is 0.296. The fourth-order valence-corrected chi connectivity index (χ4v) is 4.32. The molecule has 0 saturated carbocycles. The standard InChI is InChI=1S/C27H31N5O3/c1-18-15-32(26(34)13-19(2)31-16-23(27(28)35)29-17-31)24-14-21(11-12-22(18)24)30-25(33)10-6-9-20-7-4-3-5-8-20/h3-5,7-8,11-12,14-17,19,26,34H,6,9-10,13H2,1-2H3,(H2,28,35)(H,30,33). The molecule has 0 bridgehead atoms. The summed E-state index contributed by atoms with van der Waals surface area (Å²) in [6.45, 7) is 3.93. The quantitative estimate of drug-likeness (QED) is 0.318. The van der Waals surface area contributed by atoms with E-state index in [9.17, 15) is 14.7 Å². The summed E-state index contributed by atoms with van der Waals surface area (Å²) in [5.74, 6) is -0.618. The summed E-state index contributed by atoms with van der Waals surface area (Å²) in [6, 6.07) is 15.8. The number of anilines is 1. The van der Waals surface area contributed by atoms with Crippen LogP contribution in [0.25, 0.3) is 10.9 Å². The normalized spacial score (nSPS) is 13.0.